The number of nitrogens with one attached hydrogen (secondary N) is 1. The first-order valence-electron chi connectivity index (χ1n) is 12.3. The zero-order valence-electron chi connectivity index (χ0n) is 20.6. The highest BCUT2D eigenvalue weighted by molar-refractivity contribution is 6.32. The van der Waals surface area contributed by atoms with Crippen molar-refractivity contribution in [3.63, 3.8) is 0 Å². The Bertz CT molecular complexity index is 1420. The second-order valence-electron chi connectivity index (χ2n) is 8.90. The van der Waals surface area contributed by atoms with E-state index in [9.17, 15) is 4.79 Å². The molecule has 1 fully saturated rings. The largest absolute Gasteiger partial charge is 0.493 e. The number of carbonyl (C=O) groups is 1. The number of amides is 1. The van der Waals surface area contributed by atoms with Gasteiger partial charge in [-0.3, -0.25) is 4.79 Å². The van der Waals surface area contributed by atoms with Crippen LogP contribution in [0.1, 0.15) is 34.3 Å². The van der Waals surface area contributed by atoms with E-state index in [4.69, 9.17) is 21.1 Å². The van der Waals surface area contributed by atoms with E-state index in [2.05, 4.69) is 33.6 Å². The molecule has 0 radical (unpaired) electrons. The molecule has 1 amide bonds. The van der Waals surface area contributed by atoms with Gasteiger partial charge in [-0.1, -0.05) is 54.1 Å². The molecule has 0 aliphatic carbocycles. The summed E-state index contributed by atoms with van der Waals surface area (Å²) < 4.78 is 11.6. The number of hydrazone groups is 1. The summed E-state index contributed by atoms with van der Waals surface area (Å²) in [4.78, 5) is 14.8. The fourth-order valence-electron chi connectivity index (χ4n) is 4.55. The molecule has 0 spiro atoms. The smallest absolute Gasteiger partial charge is 0.271 e. The molecular formula is C30H28ClN3O3. The van der Waals surface area contributed by atoms with Gasteiger partial charge in [-0.2, -0.15) is 5.10 Å². The van der Waals surface area contributed by atoms with E-state index < -0.39 is 0 Å². The minimum absolute atomic E-state index is 0.280. The molecule has 5 rings (SSSR count). The van der Waals surface area contributed by atoms with Gasteiger partial charge in [-0.25, -0.2) is 5.43 Å². The molecule has 4 aromatic rings. The van der Waals surface area contributed by atoms with Crippen molar-refractivity contribution in [2.45, 2.75) is 19.4 Å². The molecule has 0 unspecified atom stereocenters. The lowest BCUT2D eigenvalue weighted by Gasteiger charge is -2.17. The average Bonchev–Trinajstić information content (AvgIpc) is 3.47. The van der Waals surface area contributed by atoms with Crippen molar-refractivity contribution in [2.24, 2.45) is 5.10 Å². The van der Waals surface area contributed by atoms with Crippen LogP contribution in [0.4, 0.5) is 5.69 Å². The van der Waals surface area contributed by atoms with Crippen LogP contribution in [-0.2, 0) is 6.61 Å². The van der Waals surface area contributed by atoms with Gasteiger partial charge in [0.1, 0.15) is 6.61 Å². The van der Waals surface area contributed by atoms with Crippen molar-refractivity contribution in [3.8, 4) is 11.5 Å². The molecule has 37 heavy (non-hydrogen) atoms. The first-order chi connectivity index (χ1) is 18.1. The van der Waals surface area contributed by atoms with E-state index in [0.717, 1.165) is 35.1 Å². The van der Waals surface area contributed by atoms with E-state index in [1.807, 2.05) is 48.5 Å². The molecular weight excluding hydrogens is 486 g/mol. The Kier molecular flexibility index (Phi) is 7.57. The summed E-state index contributed by atoms with van der Waals surface area (Å²) in [7, 11) is 1.56. The lowest BCUT2D eigenvalue weighted by molar-refractivity contribution is 0.0955. The van der Waals surface area contributed by atoms with Crippen molar-refractivity contribution in [1.29, 1.82) is 0 Å². The number of hydrogen-bond donors (Lipinski definition) is 1. The maximum absolute atomic E-state index is 12.5. The van der Waals surface area contributed by atoms with E-state index in [1.165, 1.54) is 19.1 Å². The third-order valence-electron chi connectivity index (χ3n) is 6.48. The Labute approximate surface area is 221 Å². The number of anilines is 1. The van der Waals surface area contributed by atoms with Crippen molar-refractivity contribution in [1.82, 2.24) is 5.43 Å². The molecule has 0 saturated carbocycles. The summed E-state index contributed by atoms with van der Waals surface area (Å²) in [5, 5.41) is 6.78. The van der Waals surface area contributed by atoms with Crippen molar-refractivity contribution < 1.29 is 14.3 Å². The molecule has 1 aliphatic rings. The van der Waals surface area contributed by atoms with E-state index in [1.54, 1.807) is 19.2 Å². The maximum Gasteiger partial charge on any atom is 0.271 e. The molecule has 1 saturated heterocycles. The van der Waals surface area contributed by atoms with Gasteiger partial charge in [0.05, 0.1) is 18.3 Å². The Balaban J connectivity index is 1.24. The van der Waals surface area contributed by atoms with Crippen LogP contribution in [0.3, 0.4) is 0 Å². The van der Waals surface area contributed by atoms with Crippen molar-refractivity contribution >= 4 is 40.2 Å². The Hall–Kier alpha value is -4.03. The highest BCUT2D eigenvalue weighted by atomic mass is 35.5. The Morgan fingerprint density at radius 2 is 1.78 bits per heavy atom. The zero-order chi connectivity index (χ0) is 25.6. The predicted molar refractivity (Wildman–Crippen MR) is 149 cm³/mol. The van der Waals surface area contributed by atoms with Gasteiger partial charge >= 0.3 is 0 Å². The first-order valence-corrected chi connectivity index (χ1v) is 12.7. The second-order valence-corrected chi connectivity index (χ2v) is 9.31. The highest BCUT2D eigenvalue weighted by Gasteiger charge is 2.14. The molecule has 1 aliphatic heterocycles. The third kappa shape index (κ3) is 5.70. The number of ether oxygens (including phenoxy) is 2. The number of hydrogen-bond acceptors (Lipinski definition) is 5. The first kappa shape index (κ1) is 24.7. The SMILES string of the molecule is COc1cc(/C=N\NC(=O)c2ccc(N3CCCC3)cc2)cc(Cl)c1OCc1cccc2ccccc12. The van der Waals surface area contributed by atoms with Gasteiger partial charge < -0.3 is 14.4 Å². The van der Waals surface area contributed by atoms with Gasteiger partial charge in [0.15, 0.2) is 11.5 Å². The molecule has 0 atom stereocenters. The van der Waals surface area contributed by atoms with Crippen LogP contribution in [0.2, 0.25) is 5.02 Å². The highest BCUT2D eigenvalue weighted by Crippen LogP contribution is 2.37. The molecule has 1 N–H and O–H groups in total. The van der Waals surface area contributed by atoms with Crippen molar-refractivity contribution in [3.05, 3.63) is 101 Å². The number of benzene rings is 4. The molecule has 1 heterocycles. The quantitative estimate of drug-likeness (QED) is 0.217. The van der Waals surface area contributed by atoms with E-state index in [-0.39, 0.29) is 5.91 Å². The fourth-order valence-corrected chi connectivity index (χ4v) is 4.83. The van der Waals surface area contributed by atoms with Gasteiger partial charge in [0, 0.05) is 24.3 Å². The van der Waals surface area contributed by atoms with Crippen molar-refractivity contribution in [2.75, 3.05) is 25.1 Å². The molecule has 4 aromatic carbocycles. The van der Waals surface area contributed by atoms with Crippen LogP contribution in [0.15, 0.2) is 84.0 Å². The van der Waals surface area contributed by atoms with Gasteiger partial charge in [0.25, 0.3) is 5.91 Å². The van der Waals surface area contributed by atoms with Crippen LogP contribution in [0.5, 0.6) is 11.5 Å². The molecule has 0 aromatic heterocycles. The van der Waals surface area contributed by atoms with Gasteiger partial charge in [-0.15, -0.1) is 0 Å². The van der Waals surface area contributed by atoms with E-state index >= 15 is 0 Å². The normalized spacial score (nSPS) is 13.3. The lowest BCUT2D eigenvalue weighted by atomic mass is 10.1. The van der Waals surface area contributed by atoms with E-state index in [0.29, 0.717) is 34.3 Å². The summed E-state index contributed by atoms with van der Waals surface area (Å²) in [5.74, 6) is 0.659. The van der Waals surface area contributed by atoms with Crippen LogP contribution in [-0.4, -0.2) is 32.3 Å². The summed E-state index contributed by atoms with van der Waals surface area (Å²) in [6, 6.07) is 25.4. The average molecular weight is 514 g/mol. The number of halogens is 1. The fraction of sp³-hybridized carbons (Fsp3) is 0.200. The van der Waals surface area contributed by atoms with Gasteiger partial charge in [0.2, 0.25) is 0 Å². The summed E-state index contributed by atoms with van der Waals surface area (Å²) in [5.41, 5.74) is 5.99. The molecule has 188 valence electrons. The Morgan fingerprint density at radius 3 is 2.57 bits per heavy atom. The van der Waals surface area contributed by atoms with Crippen LogP contribution < -0.4 is 19.8 Å². The predicted octanol–water partition coefficient (Wildman–Crippen LogP) is 6.44. The summed E-state index contributed by atoms with van der Waals surface area (Å²) >= 11 is 6.55. The molecule has 0 bridgehead atoms. The van der Waals surface area contributed by atoms with Gasteiger partial charge in [-0.05, 0) is 71.1 Å². The number of methoxy groups -OCH3 is 1. The minimum atomic E-state index is -0.280. The lowest BCUT2D eigenvalue weighted by Crippen LogP contribution is -2.19. The number of rotatable bonds is 8. The minimum Gasteiger partial charge on any atom is -0.493 e. The Morgan fingerprint density at radius 1 is 1.03 bits per heavy atom. The standard InChI is InChI=1S/C30H28ClN3O3/c1-36-28-18-21(19-32-33-30(35)23-11-13-25(14-12-23)34-15-4-5-16-34)17-27(31)29(28)37-20-24-9-6-8-22-7-2-3-10-26(22)24/h2-3,6-14,17-19H,4-5,15-16,20H2,1H3,(H,33,35)/b32-19-. The summed E-state index contributed by atoms with van der Waals surface area (Å²) in [6.07, 6.45) is 3.95. The monoisotopic (exact) mass is 513 g/mol. The van der Waals surface area contributed by atoms with Crippen LogP contribution in [0.25, 0.3) is 10.8 Å². The second kappa shape index (κ2) is 11.4. The van der Waals surface area contributed by atoms with Crippen LogP contribution >= 0.6 is 11.6 Å². The maximum atomic E-state index is 12.5. The number of nitrogens with zero attached hydrogens (tertiary/aromatic N) is 2. The number of fused-ring (bicyclic) bond motifs is 1. The topological polar surface area (TPSA) is 63.2 Å². The molecule has 7 heteroatoms. The summed E-state index contributed by atoms with van der Waals surface area (Å²) in [6.45, 7) is 2.47. The van der Waals surface area contributed by atoms with Crippen LogP contribution in [0, 0.1) is 0 Å². The third-order valence-corrected chi connectivity index (χ3v) is 6.76. The number of carbonyl (C=O) groups excluding carboxylic acids is 1. The zero-order valence-corrected chi connectivity index (χ0v) is 21.4. The molecule has 6 nitrogen and oxygen atoms in total.